The second-order valence-corrected chi connectivity index (χ2v) is 6.12. The molecule has 2 unspecified atom stereocenters. The van der Waals surface area contributed by atoms with Crippen LogP contribution in [0.1, 0.15) is 45.7 Å². The fourth-order valence-electron chi connectivity index (χ4n) is 2.92. The van der Waals surface area contributed by atoms with Crippen molar-refractivity contribution in [2.75, 3.05) is 13.1 Å². The lowest BCUT2D eigenvalue weighted by Gasteiger charge is -2.46. The van der Waals surface area contributed by atoms with Crippen LogP contribution in [-0.2, 0) is 13.6 Å². The topological polar surface area (TPSA) is 33.1 Å². The smallest absolute Gasteiger partial charge is 0.0764 e. The minimum atomic E-state index is 0.249. The maximum absolute atomic E-state index is 4.53. The predicted octanol–water partition coefficient (Wildman–Crippen LogP) is 2.16. The van der Waals surface area contributed by atoms with E-state index in [1.165, 1.54) is 25.0 Å². The van der Waals surface area contributed by atoms with E-state index >= 15 is 0 Å². The molecular weight excluding hydrogens is 236 g/mol. The minimum absolute atomic E-state index is 0.249. The summed E-state index contributed by atoms with van der Waals surface area (Å²) >= 11 is 0. The molecule has 1 aromatic heterocycles. The zero-order valence-corrected chi connectivity index (χ0v) is 12.8. The van der Waals surface area contributed by atoms with Crippen molar-refractivity contribution >= 4 is 0 Å². The molecule has 4 heteroatoms. The van der Waals surface area contributed by atoms with Gasteiger partial charge < -0.3 is 5.32 Å². The third-order valence-electron chi connectivity index (χ3n) is 4.37. The highest BCUT2D eigenvalue weighted by Crippen LogP contribution is 2.22. The number of rotatable bonds is 5. The summed E-state index contributed by atoms with van der Waals surface area (Å²) in [7, 11) is 1.99. The van der Waals surface area contributed by atoms with Crippen LogP contribution in [0.25, 0.3) is 0 Å². The molecule has 108 valence electrons. The molecule has 0 saturated carbocycles. The summed E-state index contributed by atoms with van der Waals surface area (Å²) < 4.78 is 1.89. The molecule has 0 spiro atoms. The van der Waals surface area contributed by atoms with Gasteiger partial charge in [0.2, 0.25) is 0 Å². The Labute approximate surface area is 117 Å². The zero-order chi connectivity index (χ0) is 13.9. The van der Waals surface area contributed by atoms with Crippen LogP contribution in [0.5, 0.6) is 0 Å². The number of hydrogen-bond donors (Lipinski definition) is 1. The number of piperazine rings is 1. The maximum Gasteiger partial charge on any atom is 0.0764 e. The van der Waals surface area contributed by atoms with Gasteiger partial charge in [-0.15, -0.1) is 0 Å². The molecule has 0 aromatic carbocycles. The second kappa shape index (κ2) is 6.06. The molecule has 1 N–H and O–H groups in total. The molecule has 1 saturated heterocycles. The van der Waals surface area contributed by atoms with Crippen molar-refractivity contribution in [3.05, 3.63) is 18.0 Å². The number of aryl methyl sites for hydroxylation is 1. The number of hydrogen-bond acceptors (Lipinski definition) is 3. The van der Waals surface area contributed by atoms with Gasteiger partial charge in [-0.05, 0) is 25.8 Å². The summed E-state index contributed by atoms with van der Waals surface area (Å²) in [6, 6.07) is 2.78. The van der Waals surface area contributed by atoms with E-state index in [0.29, 0.717) is 6.04 Å². The Morgan fingerprint density at radius 1 is 1.47 bits per heavy atom. The van der Waals surface area contributed by atoms with E-state index in [-0.39, 0.29) is 5.54 Å². The highest BCUT2D eigenvalue weighted by Gasteiger charge is 2.34. The van der Waals surface area contributed by atoms with Crippen LogP contribution >= 0.6 is 0 Å². The predicted molar refractivity (Wildman–Crippen MR) is 79.0 cm³/mol. The fraction of sp³-hybridized carbons (Fsp3) is 0.800. The van der Waals surface area contributed by atoms with E-state index in [1.54, 1.807) is 0 Å². The molecule has 4 nitrogen and oxygen atoms in total. The fourth-order valence-corrected chi connectivity index (χ4v) is 2.92. The molecule has 2 rings (SSSR count). The SMILES string of the molecule is CCCC1CNC(C)(CC)CN1Cc1ccn(C)n1. The molecule has 1 fully saturated rings. The Balaban J connectivity index is 2.06. The Morgan fingerprint density at radius 3 is 2.84 bits per heavy atom. The van der Waals surface area contributed by atoms with Gasteiger partial charge in [0.05, 0.1) is 5.69 Å². The Kier molecular flexibility index (Phi) is 4.63. The summed E-state index contributed by atoms with van der Waals surface area (Å²) in [5, 5.41) is 8.26. The van der Waals surface area contributed by atoms with Gasteiger partial charge in [-0.2, -0.15) is 5.10 Å². The van der Waals surface area contributed by atoms with Crippen LogP contribution in [0.4, 0.5) is 0 Å². The first-order valence-electron chi connectivity index (χ1n) is 7.54. The number of aromatic nitrogens is 2. The van der Waals surface area contributed by atoms with E-state index in [0.717, 1.165) is 19.6 Å². The van der Waals surface area contributed by atoms with Crippen molar-refractivity contribution in [2.24, 2.45) is 7.05 Å². The van der Waals surface area contributed by atoms with Gasteiger partial charge in [0.1, 0.15) is 0 Å². The van der Waals surface area contributed by atoms with Crippen molar-refractivity contribution in [1.82, 2.24) is 20.0 Å². The van der Waals surface area contributed by atoms with Crippen LogP contribution in [0.3, 0.4) is 0 Å². The Bertz CT molecular complexity index is 401. The van der Waals surface area contributed by atoms with Crippen LogP contribution in [0.2, 0.25) is 0 Å². The molecule has 1 aliphatic heterocycles. The molecule has 1 aliphatic rings. The van der Waals surface area contributed by atoms with Gasteiger partial charge in [0, 0.05) is 44.5 Å². The summed E-state index contributed by atoms with van der Waals surface area (Å²) in [6.45, 7) is 10.1. The first-order valence-corrected chi connectivity index (χ1v) is 7.54. The van der Waals surface area contributed by atoms with Crippen LogP contribution in [-0.4, -0.2) is 39.4 Å². The van der Waals surface area contributed by atoms with Crippen molar-refractivity contribution in [3.63, 3.8) is 0 Å². The van der Waals surface area contributed by atoms with Crippen LogP contribution in [0.15, 0.2) is 12.3 Å². The summed E-state index contributed by atoms with van der Waals surface area (Å²) in [5.41, 5.74) is 1.43. The zero-order valence-electron chi connectivity index (χ0n) is 12.8. The first kappa shape index (κ1) is 14.5. The summed E-state index contributed by atoms with van der Waals surface area (Å²) in [5.74, 6) is 0. The van der Waals surface area contributed by atoms with Crippen molar-refractivity contribution in [1.29, 1.82) is 0 Å². The molecular formula is C15H28N4. The van der Waals surface area contributed by atoms with E-state index in [9.17, 15) is 0 Å². The van der Waals surface area contributed by atoms with E-state index in [4.69, 9.17) is 0 Å². The minimum Gasteiger partial charge on any atom is -0.309 e. The van der Waals surface area contributed by atoms with E-state index < -0.39 is 0 Å². The third kappa shape index (κ3) is 3.57. The summed E-state index contributed by atoms with van der Waals surface area (Å²) in [4.78, 5) is 2.62. The Morgan fingerprint density at radius 2 is 2.26 bits per heavy atom. The van der Waals surface area contributed by atoms with Gasteiger partial charge in [-0.3, -0.25) is 9.58 Å². The van der Waals surface area contributed by atoms with Crippen LogP contribution in [0, 0.1) is 0 Å². The van der Waals surface area contributed by atoms with Gasteiger partial charge in [0.25, 0.3) is 0 Å². The van der Waals surface area contributed by atoms with Gasteiger partial charge in [0.15, 0.2) is 0 Å². The maximum atomic E-state index is 4.53. The lowest BCUT2D eigenvalue weighted by atomic mass is 9.92. The van der Waals surface area contributed by atoms with Crippen molar-refractivity contribution in [2.45, 2.75) is 58.2 Å². The second-order valence-electron chi connectivity index (χ2n) is 6.12. The van der Waals surface area contributed by atoms with Crippen molar-refractivity contribution < 1.29 is 0 Å². The summed E-state index contributed by atoms with van der Waals surface area (Å²) in [6.07, 6.45) is 5.71. The van der Waals surface area contributed by atoms with Crippen molar-refractivity contribution in [3.8, 4) is 0 Å². The molecule has 0 radical (unpaired) electrons. The first-order chi connectivity index (χ1) is 9.06. The van der Waals surface area contributed by atoms with Gasteiger partial charge in [-0.25, -0.2) is 0 Å². The largest absolute Gasteiger partial charge is 0.309 e. The third-order valence-corrected chi connectivity index (χ3v) is 4.37. The van der Waals surface area contributed by atoms with E-state index in [1.807, 2.05) is 17.9 Å². The quantitative estimate of drug-likeness (QED) is 0.885. The van der Waals surface area contributed by atoms with Gasteiger partial charge in [-0.1, -0.05) is 20.3 Å². The average molecular weight is 264 g/mol. The molecule has 0 aliphatic carbocycles. The average Bonchev–Trinajstić information content (AvgIpc) is 2.79. The number of nitrogens with one attached hydrogen (secondary N) is 1. The molecule has 0 bridgehead atoms. The molecule has 2 atom stereocenters. The normalized spacial score (nSPS) is 28.7. The lowest BCUT2D eigenvalue weighted by molar-refractivity contribution is 0.0713. The highest BCUT2D eigenvalue weighted by molar-refractivity contribution is 5.02. The lowest BCUT2D eigenvalue weighted by Crippen LogP contribution is -2.62. The molecule has 1 aromatic rings. The highest BCUT2D eigenvalue weighted by atomic mass is 15.3. The Hall–Kier alpha value is -0.870. The molecule has 0 amide bonds. The standard InChI is InChI=1S/C15H28N4/c1-5-7-14-10-16-15(3,6-2)12-19(14)11-13-8-9-18(4)17-13/h8-9,14,16H,5-7,10-12H2,1-4H3. The molecule has 19 heavy (non-hydrogen) atoms. The van der Waals surface area contributed by atoms with Gasteiger partial charge >= 0.3 is 0 Å². The monoisotopic (exact) mass is 264 g/mol. The van der Waals surface area contributed by atoms with Crippen LogP contribution < -0.4 is 5.32 Å². The molecule has 2 heterocycles. The van der Waals surface area contributed by atoms with E-state index in [2.05, 4.69) is 42.2 Å². The number of nitrogens with zero attached hydrogens (tertiary/aromatic N) is 3.